The summed E-state index contributed by atoms with van der Waals surface area (Å²) in [6, 6.07) is 17.0. The number of carbonyl (C=O) groups is 1. The van der Waals surface area contributed by atoms with Crippen molar-refractivity contribution in [3.8, 4) is 5.75 Å². The van der Waals surface area contributed by atoms with E-state index in [1.165, 1.54) is 16.7 Å². The molecule has 1 amide bonds. The molecule has 0 spiro atoms. The van der Waals surface area contributed by atoms with Crippen LogP contribution in [0.1, 0.15) is 36.5 Å². The van der Waals surface area contributed by atoms with Crippen molar-refractivity contribution in [3.05, 3.63) is 65.2 Å². The lowest BCUT2D eigenvalue weighted by molar-refractivity contribution is -0.919. The fourth-order valence-corrected chi connectivity index (χ4v) is 4.55. The zero-order valence-electron chi connectivity index (χ0n) is 16.8. The molecule has 0 atom stereocenters. The zero-order chi connectivity index (χ0) is 19.3. The number of fused-ring (bicyclic) bond motifs is 1. The lowest BCUT2D eigenvalue weighted by Gasteiger charge is -2.34. The summed E-state index contributed by atoms with van der Waals surface area (Å²) in [5.74, 6) is 1.51. The molecule has 2 aromatic rings. The maximum absolute atomic E-state index is 13.0. The van der Waals surface area contributed by atoms with Crippen LogP contribution in [0.3, 0.4) is 0 Å². The largest absolute Gasteiger partial charge is 0.494 e. The third-order valence-corrected chi connectivity index (χ3v) is 6.17. The Morgan fingerprint density at radius 1 is 1.07 bits per heavy atom. The molecule has 4 heteroatoms. The second kappa shape index (κ2) is 8.78. The Bertz CT molecular complexity index is 795. The number of piperidine rings is 1. The van der Waals surface area contributed by atoms with E-state index in [4.69, 9.17) is 4.74 Å². The van der Waals surface area contributed by atoms with Gasteiger partial charge in [0.1, 0.15) is 12.3 Å². The number of carbonyl (C=O) groups excluding carboxylic acids is 1. The van der Waals surface area contributed by atoms with E-state index in [0.717, 1.165) is 57.7 Å². The fourth-order valence-electron chi connectivity index (χ4n) is 4.55. The van der Waals surface area contributed by atoms with Crippen LogP contribution in [0.25, 0.3) is 0 Å². The number of ether oxygens (including phenoxy) is 1. The second-order valence-corrected chi connectivity index (χ2v) is 8.06. The highest BCUT2D eigenvalue weighted by Crippen LogP contribution is 2.22. The number of nitrogens with one attached hydrogen (secondary N) is 1. The van der Waals surface area contributed by atoms with Crippen LogP contribution in [0, 0.1) is 5.92 Å². The monoisotopic (exact) mass is 379 g/mol. The molecular formula is C24H31N2O2+. The molecule has 28 heavy (non-hydrogen) atoms. The molecule has 148 valence electrons. The summed E-state index contributed by atoms with van der Waals surface area (Å²) in [6.45, 7) is 7.55. The Morgan fingerprint density at radius 3 is 2.50 bits per heavy atom. The Balaban J connectivity index is 1.27. The van der Waals surface area contributed by atoms with E-state index in [0.29, 0.717) is 12.5 Å². The minimum atomic E-state index is 0.203. The average molecular weight is 380 g/mol. The summed E-state index contributed by atoms with van der Waals surface area (Å²) in [4.78, 5) is 16.7. The quantitative estimate of drug-likeness (QED) is 0.866. The molecule has 0 saturated carbocycles. The van der Waals surface area contributed by atoms with Gasteiger partial charge in [0.25, 0.3) is 0 Å². The molecule has 4 nitrogen and oxygen atoms in total. The van der Waals surface area contributed by atoms with Gasteiger partial charge in [0.15, 0.2) is 0 Å². The van der Waals surface area contributed by atoms with E-state index in [9.17, 15) is 4.79 Å². The van der Waals surface area contributed by atoms with Gasteiger partial charge in [-0.05, 0) is 48.7 Å². The molecule has 4 rings (SSSR count). The lowest BCUT2D eigenvalue weighted by Crippen LogP contribution is -3.11. The van der Waals surface area contributed by atoms with E-state index in [1.54, 1.807) is 4.90 Å². The van der Waals surface area contributed by atoms with Gasteiger partial charge in [-0.2, -0.15) is 0 Å². The summed E-state index contributed by atoms with van der Waals surface area (Å²) in [5, 5.41) is 0. The van der Waals surface area contributed by atoms with E-state index in [2.05, 4.69) is 53.4 Å². The summed E-state index contributed by atoms with van der Waals surface area (Å²) < 4.78 is 5.52. The predicted octanol–water partition coefficient (Wildman–Crippen LogP) is 2.47. The Labute approximate surface area is 168 Å². The first-order valence-electron chi connectivity index (χ1n) is 10.6. The summed E-state index contributed by atoms with van der Waals surface area (Å²) in [5.41, 5.74) is 4.07. The minimum absolute atomic E-state index is 0.203. The Hall–Kier alpha value is -2.33. The van der Waals surface area contributed by atoms with Crippen molar-refractivity contribution in [2.24, 2.45) is 5.92 Å². The van der Waals surface area contributed by atoms with Crippen molar-refractivity contribution in [2.75, 3.05) is 26.2 Å². The van der Waals surface area contributed by atoms with Gasteiger partial charge in [-0.1, -0.05) is 24.3 Å². The molecule has 0 unspecified atom stereocenters. The first-order valence-corrected chi connectivity index (χ1v) is 10.6. The average Bonchev–Trinajstić information content (AvgIpc) is 2.75. The third kappa shape index (κ3) is 4.39. The van der Waals surface area contributed by atoms with E-state index < -0.39 is 0 Å². The van der Waals surface area contributed by atoms with Gasteiger partial charge in [-0.15, -0.1) is 0 Å². The Morgan fingerprint density at radius 2 is 1.79 bits per heavy atom. The van der Waals surface area contributed by atoms with Crippen LogP contribution in [0.2, 0.25) is 0 Å². The molecule has 0 aromatic heterocycles. The first-order chi connectivity index (χ1) is 13.7. The normalized spacial score (nSPS) is 21.8. The van der Waals surface area contributed by atoms with Crippen LogP contribution in [-0.2, 0) is 24.3 Å². The molecular weight excluding hydrogens is 348 g/mol. The molecule has 2 aromatic carbocycles. The van der Waals surface area contributed by atoms with Gasteiger partial charge in [-0.3, -0.25) is 4.79 Å². The maximum atomic E-state index is 13.0. The van der Waals surface area contributed by atoms with Gasteiger partial charge in [0, 0.05) is 37.4 Å². The van der Waals surface area contributed by atoms with Crippen molar-refractivity contribution >= 4 is 5.91 Å². The van der Waals surface area contributed by atoms with Gasteiger partial charge in [0.05, 0.1) is 19.7 Å². The number of likely N-dealkylation sites (tertiary alicyclic amines) is 1. The number of hydrogen-bond donors (Lipinski definition) is 1. The van der Waals surface area contributed by atoms with Crippen molar-refractivity contribution in [2.45, 2.75) is 39.3 Å². The minimum Gasteiger partial charge on any atom is -0.494 e. The standard InChI is InChI=1S/C24H30N2O2/c1-2-28-23-9-7-19(8-10-23)17-25-14-11-21(12-15-25)24(27)26-16-13-20-5-3-4-6-22(20)18-26/h3-10,21H,2,11-18H2,1H3/p+1. The fraction of sp³-hybridized carbons (Fsp3) is 0.458. The van der Waals surface area contributed by atoms with Crippen LogP contribution in [0.5, 0.6) is 5.75 Å². The van der Waals surface area contributed by atoms with Crippen LogP contribution in [-0.4, -0.2) is 37.0 Å². The SMILES string of the molecule is CCOc1ccc(C[NH+]2CCC(C(=O)N3CCc4ccccc4C3)CC2)cc1. The van der Waals surface area contributed by atoms with E-state index >= 15 is 0 Å². The molecule has 0 aliphatic carbocycles. The van der Waals surface area contributed by atoms with Gasteiger partial charge < -0.3 is 14.5 Å². The van der Waals surface area contributed by atoms with Gasteiger partial charge in [-0.25, -0.2) is 0 Å². The highest BCUT2D eigenvalue weighted by molar-refractivity contribution is 5.79. The van der Waals surface area contributed by atoms with Crippen LogP contribution < -0.4 is 9.64 Å². The number of benzene rings is 2. The number of hydrogen-bond acceptors (Lipinski definition) is 2. The third-order valence-electron chi connectivity index (χ3n) is 6.17. The highest BCUT2D eigenvalue weighted by atomic mass is 16.5. The van der Waals surface area contributed by atoms with Gasteiger partial charge in [0.2, 0.25) is 5.91 Å². The summed E-state index contributed by atoms with van der Waals surface area (Å²) in [7, 11) is 0. The lowest BCUT2D eigenvalue weighted by atomic mass is 9.93. The Kier molecular flexibility index (Phi) is 5.96. The molecule has 1 saturated heterocycles. The van der Waals surface area contributed by atoms with Crippen LogP contribution in [0.4, 0.5) is 0 Å². The van der Waals surface area contributed by atoms with E-state index in [1.807, 2.05) is 6.92 Å². The van der Waals surface area contributed by atoms with Crippen molar-refractivity contribution in [1.82, 2.24) is 4.90 Å². The zero-order valence-corrected chi connectivity index (χ0v) is 16.8. The number of amides is 1. The van der Waals surface area contributed by atoms with E-state index in [-0.39, 0.29) is 5.92 Å². The highest BCUT2D eigenvalue weighted by Gasteiger charge is 2.31. The number of rotatable bonds is 5. The summed E-state index contributed by atoms with van der Waals surface area (Å²) >= 11 is 0. The molecule has 0 bridgehead atoms. The molecule has 2 heterocycles. The smallest absolute Gasteiger partial charge is 0.226 e. The maximum Gasteiger partial charge on any atom is 0.226 e. The second-order valence-electron chi connectivity index (χ2n) is 8.06. The molecule has 2 aliphatic rings. The predicted molar refractivity (Wildman–Crippen MR) is 110 cm³/mol. The molecule has 1 N–H and O–H groups in total. The van der Waals surface area contributed by atoms with Crippen molar-refractivity contribution in [1.29, 1.82) is 0 Å². The van der Waals surface area contributed by atoms with Gasteiger partial charge >= 0.3 is 0 Å². The molecule has 1 fully saturated rings. The molecule has 0 radical (unpaired) electrons. The number of quaternary nitrogens is 1. The first kappa shape index (κ1) is 19.0. The van der Waals surface area contributed by atoms with Crippen molar-refractivity contribution < 1.29 is 14.4 Å². The van der Waals surface area contributed by atoms with Crippen molar-refractivity contribution in [3.63, 3.8) is 0 Å². The van der Waals surface area contributed by atoms with Crippen LogP contribution >= 0.6 is 0 Å². The topological polar surface area (TPSA) is 34.0 Å². The molecule has 2 aliphatic heterocycles. The van der Waals surface area contributed by atoms with Crippen LogP contribution in [0.15, 0.2) is 48.5 Å². The number of nitrogens with zero attached hydrogens (tertiary/aromatic N) is 1. The summed E-state index contributed by atoms with van der Waals surface area (Å²) in [6.07, 6.45) is 3.00.